The Balaban J connectivity index is 1.81. The van der Waals surface area contributed by atoms with Crippen LogP contribution in [0.1, 0.15) is 46.5 Å². The van der Waals surface area contributed by atoms with Crippen molar-refractivity contribution in [2.45, 2.75) is 75.6 Å². The molecule has 1 aliphatic rings. The highest BCUT2D eigenvalue weighted by molar-refractivity contribution is 7.86. The van der Waals surface area contributed by atoms with Gasteiger partial charge in [0.1, 0.15) is 0 Å². The SMILES string of the molecule is CC(C)(C)[Si](C)(C)OC1CCC(COS(=O)(=O)c2ccccc2)CC1. The molecule has 6 heteroatoms. The number of hydrogen-bond acceptors (Lipinski definition) is 4. The molecule has 1 aromatic carbocycles. The Kier molecular flexibility index (Phi) is 6.52. The average molecular weight is 385 g/mol. The van der Waals surface area contributed by atoms with Crippen LogP contribution in [-0.4, -0.2) is 29.4 Å². The minimum Gasteiger partial charge on any atom is -0.414 e. The zero-order valence-electron chi connectivity index (χ0n) is 16.1. The Labute approximate surface area is 154 Å². The minimum atomic E-state index is -3.65. The second-order valence-electron chi connectivity index (χ2n) is 8.57. The van der Waals surface area contributed by atoms with Crippen molar-refractivity contribution >= 4 is 18.4 Å². The van der Waals surface area contributed by atoms with Crippen molar-refractivity contribution in [3.63, 3.8) is 0 Å². The summed E-state index contributed by atoms with van der Waals surface area (Å²) in [7, 11) is -5.38. The lowest BCUT2D eigenvalue weighted by atomic mass is 9.88. The van der Waals surface area contributed by atoms with Gasteiger partial charge in [0.2, 0.25) is 0 Å². The van der Waals surface area contributed by atoms with E-state index in [0.717, 1.165) is 25.7 Å². The van der Waals surface area contributed by atoms with Gasteiger partial charge in [-0.3, -0.25) is 4.18 Å². The zero-order chi connectivity index (χ0) is 18.7. The van der Waals surface area contributed by atoms with Gasteiger partial charge < -0.3 is 4.43 Å². The summed E-state index contributed by atoms with van der Waals surface area (Å²) in [6.07, 6.45) is 4.22. The first-order valence-electron chi connectivity index (χ1n) is 9.13. The van der Waals surface area contributed by atoms with E-state index >= 15 is 0 Å². The molecule has 1 fully saturated rings. The molecule has 0 spiro atoms. The van der Waals surface area contributed by atoms with Crippen molar-refractivity contribution in [2.75, 3.05) is 6.61 Å². The molecule has 0 N–H and O–H groups in total. The highest BCUT2D eigenvalue weighted by Gasteiger charge is 2.39. The summed E-state index contributed by atoms with van der Waals surface area (Å²) in [6, 6.07) is 8.35. The van der Waals surface area contributed by atoms with Gasteiger partial charge >= 0.3 is 0 Å². The fourth-order valence-electron chi connectivity index (χ4n) is 2.85. The Bertz CT molecular complexity index is 642. The van der Waals surface area contributed by atoms with Crippen molar-refractivity contribution in [1.82, 2.24) is 0 Å². The predicted octanol–water partition coefficient (Wildman–Crippen LogP) is 4.97. The molecular weight excluding hydrogens is 352 g/mol. The molecule has 1 saturated carbocycles. The van der Waals surface area contributed by atoms with E-state index < -0.39 is 18.4 Å². The fourth-order valence-corrected chi connectivity index (χ4v) is 5.27. The maximum atomic E-state index is 12.2. The molecule has 0 atom stereocenters. The number of rotatable bonds is 6. The first kappa shape index (κ1) is 20.6. The topological polar surface area (TPSA) is 52.6 Å². The van der Waals surface area contributed by atoms with Crippen molar-refractivity contribution in [3.05, 3.63) is 30.3 Å². The van der Waals surface area contributed by atoms with Crippen molar-refractivity contribution in [3.8, 4) is 0 Å². The quantitative estimate of drug-likeness (QED) is 0.513. The van der Waals surface area contributed by atoms with E-state index in [1.807, 2.05) is 0 Å². The highest BCUT2D eigenvalue weighted by Crippen LogP contribution is 2.39. The molecule has 4 nitrogen and oxygen atoms in total. The predicted molar refractivity (Wildman–Crippen MR) is 104 cm³/mol. The van der Waals surface area contributed by atoms with Gasteiger partial charge in [0, 0.05) is 6.10 Å². The van der Waals surface area contributed by atoms with Crippen LogP contribution in [0.5, 0.6) is 0 Å². The van der Waals surface area contributed by atoms with Crippen LogP contribution in [0.2, 0.25) is 18.1 Å². The molecule has 142 valence electrons. The van der Waals surface area contributed by atoms with Gasteiger partial charge in [-0.25, -0.2) is 0 Å². The van der Waals surface area contributed by atoms with E-state index in [9.17, 15) is 8.42 Å². The molecule has 0 saturated heterocycles. The smallest absolute Gasteiger partial charge is 0.296 e. The van der Waals surface area contributed by atoms with Crippen LogP contribution in [-0.2, 0) is 18.7 Å². The van der Waals surface area contributed by atoms with Crippen LogP contribution in [0, 0.1) is 5.92 Å². The Morgan fingerprint density at radius 3 is 2.12 bits per heavy atom. The van der Waals surface area contributed by atoms with Gasteiger partial charge in [0.15, 0.2) is 8.32 Å². The molecule has 0 unspecified atom stereocenters. The summed E-state index contributed by atoms with van der Waals surface area (Å²) >= 11 is 0. The minimum absolute atomic E-state index is 0.219. The second-order valence-corrected chi connectivity index (χ2v) is 14.9. The van der Waals surface area contributed by atoms with Crippen molar-refractivity contribution < 1.29 is 17.0 Å². The summed E-state index contributed by atoms with van der Waals surface area (Å²) < 4.78 is 36.2. The first-order chi connectivity index (χ1) is 11.5. The van der Waals surface area contributed by atoms with E-state index in [-0.39, 0.29) is 22.5 Å². The maximum Gasteiger partial charge on any atom is 0.296 e. The van der Waals surface area contributed by atoms with E-state index in [1.165, 1.54) is 0 Å². The van der Waals surface area contributed by atoms with Crippen LogP contribution in [0.3, 0.4) is 0 Å². The molecule has 0 aromatic heterocycles. The Morgan fingerprint density at radius 2 is 1.60 bits per heavy atom. The van der Waals surface area contributed by atoms with Gasteiger partial charge in [-0.05, 0) is 61.9 Å². The summed E-state index contributed by atoms with van der Waals surface area (Å²) in [5.41, 5.74) is 0. The van der Waals surface area contributed by atoms with Gasteiger partial charge in [0.25, 0.3) is 10.1 Å². The monoisotopic (exact) mass is 384 g/mol. The molecule has 0 heterocycles. The Morgan fingerprint density at radius 1 is 1.04 bits per heavy atom. The van der Waals surface area contributed by atoms with E-state index in [4.69, 9.17) is 8.61 Å². The number of benzene rings is 1. The summed E-state index contributed by atoms with van der Waals surface area (Å²) in [6.45, 7) is 11.6. The largest absolute Gasteiger partial charge is 0.414 e. The molecule has 1 aliphatic carbocycles. The fraction of sp³-hybridized carbons (Fsp3) is 0.684. The lowest BCUT2D eigenvalue weighted by molar-refractivity contribution is 0.0999. The van der Waals surface area contributed by atoms with Crippen LogP contribution in [0.25, 0.3) is 0 Å². The molecule has 0 aliphatic heterocycles. The van der Waals surface area contributed by atoms with E-state index in [1.54, 1.807) is 30.3 Å². The Hall–Kier alpha value is -0.693. The summed E-state index contributed by atoms with van der Waals surface area (Å²) in [5, 5.41) is 0.219. The summed E-state index contributed by atoms with van der Waals surface area (Å²) in [4.78, 5) is 0.227. The standard InChI is InChI=1S/C19H32O4SSi/c1-19(2,3)25(4,5)23-17-13-11-16(12-14-17)15-22-24(20,21)18-9-7-6-8-10-18/h6-10,16-17H,11-15H2,1-5H3. The van der Waals surface area contributed by atoms with E-state index in [2.05, 4.69) is 33.9 Å². The molecule has 0 bridgehead atoms. The number of hydrogen-bond donors (Lipinski definition) is 0. The van der Waals surface area contributed by atoms with Gasteiger partial charge in [-0.1, -0.05) is 39.0 Å². The zero-order valence-corrected chi connectivity index (χ0v) is 17.9. The van der Waals surface area contributed by atoms with Gasteiger partial charge in [0.05, 0.1) is 11.5 Å². The van der Waals surface area contributed by atoms with Gasteiger partial charge in [-0.2, -0.15) is 8.42 Å². The first-order valence-corrected chi connectivity index (χ1v) is 13.5. The third-order valence-electron chi connectivity index (χ3n) is 5.55. The maximum absolute atomic E-state index is 12.2. The molecule has 1 aromatic rings. The lowest BCUT2D eigenvalue weighted by Crippen LogP contribution is -2.44. The highest BCUT2D eigenvalue weighted by atomic mass is 32.2. The molecule has 0 radical (unpaired) electrons. The van der Waals surface area contributed by atoms with Crippen LogP contribution in [0.4, 0.5) is 0 Å². The lowest BCUT2D eigenvalue weighted by Gasteiger charge is -2.41. The van der Waals surface area contributed by atoms with Crippen molar-refractivity contribution in [2.24, 2.45) is 5.92 Å². The van der Waals surface area contributed by atoms with Crippen LogP contribution in [0.15, 0.2) is 35.2 Å². The van der Waals surface area contributed by atoms with Crippen LogP contribution < -0.4 is 0 Å². The molecular formula is C19H32O4SSi. The van der Waals surface area contributed by atoms with E-state index in [0.29, 0.717) is 6.10 Å². The normalized spacial score (nSPS) is 22.8. The van der Waals surface area contributed by atoms with Crippen molar-refractivity contribution in [1.29, 1.82) is 0 Å². The molecule has 2 rings (SSSR count). The van der Waals surface area contributed by atoms with Crippen LogP contribution >= 0.6 is 0 Å². The molecule has 25 heavy (non-hydrogen) atoms. The van der Waals surface area contributed by atoms with Gasteiger partial charge in [-0.15, -0.1) is 0 Å². The summed E-state index contributed by atoms with van der Waals surface area (Å²) in [5.74, 6) is 0.290. The third-order valence-corrected chi connectivity index (χ3v) is 11.4. The second kappa shape index (κ2) is 7.90. The average Bonchev–Trinajstić information content (AvgIpc) is 2.54. The third kappa shape index (κ3) is 5.64. The molecule has 0 amide bonds.